The standard InChI is InChI=1S/C19H13F4N3O/c20-12-3-1-11(2-4-12)9-24-13-5-7-16(25-10-13)19(27)26-15-8-6-14(21)17(22)18(15)23/h1-8,10,24H,9H2,(H,26,27). The van der Waals surface area contributed by atoms with E-state index in [1.165, 1.54) is 24.4 Å². The lowest BCUT2D eigenvalue weighted by atomic mass is 10.2. The molecule has 0 saturated heterocycles. The van der Waals surface area contributed by atoms with Gasteiger partial charge in [0, 0.05) is 6.54 Å². The van der Waals surface area contributed by atoms with Crippen molar-refractivity contribution in [3.63, 3.8) is 0 Å². The molecule has 2 N–H and O–H groups in total. The number of amides is 1. The fraction of sp³-hybridized carbons (Fsp3) is 0.0526. The number of pyridine rings is 1. The first-order valence-corrected chi connectivity index (χ1v) is 7.83. The third kappa shape index (κ3) is 4.41. The molecule has 0 aliphatic carbocycles. The Labute approximate surface area is 151 Å². The highest BCUT2D eigenvalue weighted by molar-refractivity contribution is 6.03. The Bertz CT molecular complexity index is 960. The molecule has 4 nitrogen and oxygen atoms in total. The van der Waals surface area contributed by atoms with Crippen LogP contribution in [0.25, 0.3) is 0 Å². The van der Waals surface area contributed by atoms with Crippen molar-refractivity contribution in [1.82, 2.24) is 4.98 Å². The maximum Gasteiger partial charge on any atom is 0.274 e. The van der Waals surface area contributed by atoms with Crippen molar-refractivity contribution in [3.8, 4) is 0 Å². The Morgan fingerprint density at radius 2 is 1.63 bits per heavy atom. The molecule has 1 aromatic heterocycles. The van der Waals surface area contributed by atoms with Crippen LogP contribution in [-0.2, 0) is 6.54 Å². The van der Waals surface area contributed by atoms with E-state index in [1.54, 1.807) is 18.2 Å². The lowest BCUT2D eigenvalue weighted by Crippen LogP contribution is -2.15. The second-order valence-corrected chi connectivity index (χ2v) is 5.59. The number of benzene rings is 2. The molecule has 0 saturated carbocycles. The van der Waals surface area contributed by atoms with Crippen molar-refractivity contribution < 1.29 is 22.4 Å². The monoisotopic (exact) mass is 375 g/mol. The summed E-state index contributed by atoms with van der Waals surface area (Å²) in [5, 5.41) is 5.19. The number of hydrogen-bond acceptors (Lipinski definition) is 3. The summed E-state index contributed by atoms with van der Waals surface area (Å²) < 4.78 is 52.6. The predicted octanol–water partition coefficient (Wildman–Crippen LogP) is 4.50. The van der Waals surface area contributed by atoms with Crippen LogP contribution in [0.4, 0.5) is 28.9 Å². The van der Waals surface area contributed by atoms with E-state index >= 15 is 0 Å². The number of nitrogens with zero attached hydrogens (tertiary/aromatic N) is 1. The Morgan fingerprint density at radius 1 is 0.889 bits per heavy atom. The SMILES string of the molecule is O=C(Nc1ccc(F)c(F)c1F)c1ccc(NCc2ccc(F)cc2)cn1. The Kier molecular flexibility index (Phi) is 5.35. The molecule has 0 aliphatic rings. The van der Waals surface area contributed by atoms with Crippen molar-refractivity contribution in [1.29, 1.82) is 0 Å². The molecule has 0 radical (unpaired) electrons. The van der Waals surface area contributed by atoms with Gasteiger partial charge in [-0.25, -0.2) is 22.5 Å². The molecule has 2 aromatic carbocycles. The first-order valence-electron chi connectivity index (χ1n) is 7.83. The van der Waals surface area contributed by atoms with Crippen molar-refractivity contribution in [2.75, 3.05) is 10.6 Å². The molecule has 1 amide bonds. The van der Waals surface area contributed by atoms with Gasteiger partial charge < -0.3 is 10.6 Å². The van der Waals surface area contributed by atoms with E-state index in [4.69, 9.17) is 0 Å². The number of anilines is 2. The molecule has 0 unspecified atom stereocenters. The summed E-state index contributed by atoms with van der Waals surface area (Å²) in [6.45, 7) is 0.424. The van der Waals surface area contributed by atoms with Gasteiger partial charge in [-0.3, -0.25) is 4.79 Å². The van der Waals surface area contributed by atoms with Crippen LogP contribution < -0.4 is 10.6 Å². The second-order valence-electron chi connectivity index (χ2n) is 5.59. The fourth-order valence-corrected chi connectivity index (χ4v) is 2.25. The zero-order valence-corrected chi connectivity index (χ0v) is 13.8. The number of nitrogens with one attached hydrogen (secondary N) is 2. The van der Waals surface area contributed by atoms with E-state index in [1.807, 2.05) is 0 Å². The Balaban J connectivity index is 1.63. The van der Waals surface area contributed by atoms with Gasteiger partial charge in [0.1, 0.15) is 11.5 Å². The van der Waals surface area contributed by atoms with E-state index in [0.29, 0.717) is 18.3 Å². The van der Waals surface area contributed by atoms with Crippen LogP contribution in [0, 0.1) is 23.3 Å². The van der Waals surface area contributed by atoms with Gasteiger partial charge >= 0.3 is 0 Å². The van der Waals surface area contributed by atoms with Crippen LogP contribution in [0.1, 0.15) is 16.1 Å². The molecule has 1 heterocycles. The molecule has 3 aromatic rings. The minimum Gasteiger partial charge on any atom is -0.380 e. The molecule has 8 heteroatoms. The van der Waals surface area contributed by atoms with Crippen LogP contribution in [-0.4, -0.2) is 10.9 Å². The summed E-state index contributed by atoms with van der Waals surface area (Å²) in [5.74, 6) is -5.60. The minimum atomic E-state index is -1.67. The summed E-state index contributed by atoms with van der Waals surface area (Å²) in [6.07, 6.45) is 1.39. The molecule has 3 rings (SSSR count). The fourth-order valence-electron chi connectivity index (χ4n) is 2.25. The highest BCUT2D eigenvalue weighted by Gasteiger charge is 2.16. The van der Waals surface area contributed by atoms with E-state index in [0.717, 1.165) is 11.6 Å². The molecule has 0 spiro atoms. The molecule has 0 fully saturated rings. The molecule has 138 valence electrons. The predicted molar refractivity (Wildman–Crippen MR) is 92.2 cm³/mol. The van der Waals surface area contributed by atoms with Gasteiger partial charge in [0.25, 0.3) is 5.91 Å². The van der Waals surface area contributed by atoms with Crippen molar-refractivity contribution in [3.05, 3.63) is 89.3 Å². The van der Waals surface area contributed by atoms with Crippen LogP contribution in [0.15, 0.2) is 54.7 Å². The average Bonchev–Trinajstić information content (AvgIpc) is 2.68. The van der Waals surface area contributed by atoms with Crippen molar-refractivity contribution >= 4 is 17.3 Å². The van der Waals surface area contributed by atoms with Gasteiger partial charge in [-0.05, 0) is 42.0 Å². The Hall–Kier alpha value is -3.42. The van der Waals surface area contributed by atoms with E-state index in [9.17, 15) is 22.4 Å². The third-order valence-corrected chi connectivity index (χ3v) is 3.69. The van der Waals surface area contributed by atoms with Gasteiger partial charge in [-0.2, -0.15) is 0 Å². The van der Waals surface area contributed by atoms with Gasteiger partial charge in [0.2, 0.25) is 0 Å². The number of carbonyl (C=O) groups is 1. The quantitative estimate of drug-likeness (QED) is 0.510. The van der Waals surface area contributed by atoms with E-state index in [-0.39, 0.29) is 11.5 Å². The summed E-state index contributed by atoms with van der Waals surface area (Å²) in [6, 6.07) is 10.6. The third-order valence-electron chi connectivity index (χ3n) is 3.69. The zero-order chi connectivity index (χ0) is 19.4. The molecule has 0 atom stereocenters. The molecular weight excluding hydrogens is 362 g/mol. The average molecular weight is 375 g/mol. The van der Waals surface area contributed by atoms with Gasteiger partial charge in [0.15, 0.2) is 17.5 Å². The number of carbonyl (C=O) groups excluding carboxylic acids is 1. The molecule has 0 aliphatic heterocycles. The molecule has 27 heavy (non-hydrogen) atoms. The zero-order valence-electron chi connectivity index (χ0n) is 13.8. The highest BCUT2D eigenvalue weighted by Crippen LogP contribution is 2.20. The topological polar surface area (TPSA) is 54.0 Å². The smallest absolute Gasteiger partial charge is 0.274 e. The largest absolute Gasteiger partial charge is 0.380 e. The number of hydrogen-bond donors (Lipinski definition) is 2. The van der Waals surface area contributed by atoms with Crippen LogP contribution in [0.3, 0.4) is 0 Å². The first-order chi connectivity index (χ1) is 12.9. The maximum absolute atomic E-state index is 13.6. The van der Waals surface area contributed by atoms with Crippen molar-refractivity contribution in [2.45, 2.75) is 6.54 Å². The van der Waals surface area contributed by atoms with E-state index in [2.05, 4.69) is 15.6 Å². The molecular formula is C19H13F4N3O. The molecule has 0 bridgehead atoms. The normalized spacial score (nSPS) is 10.5. The number of aromatic nitrogens is 1. The lowest BCUT2D eigenvalue weighted by molar-refractivity contribution is 0.102. The summed E-state index contributed by atoms with van der Waals surface area (Å²) in [4.78, 5) is 16.0. The Morgan fingerprint density at radius 3 is 2.30 bits per heavy atom. The van der Waals surface area contributed by atoms with Crippen LogP contribution in [0.2, 0.25) is 0 Å². The number of halogens is 4. The first kappa shape index (κ1) is 18.4. The second kappa shape index (κ2) is 7.86. The van der Waals surface area contributed by atoms with Crippen LogP contribution >= 0.6 is 0 Å². The van der Waals surface area contributed by atoms with Gasteiger partial charge in [-0.1, -0.05) is 12.1 Å². The lowest BCUT2D eigenvalue weighted by Gasteiger charge is -2.09. The highest BCUT2D eigenvalue weighted by atomic mass is 19.2. The van der Waals surface area contributed by atoms with Crippen LogP contribution in [0.5, 0.6) is 0 Å². The number of rotatable bonds is 5. The summed E-state index contributed by atoms with van der Waals surface area (Å²) >= 11 is 0. The summed E-state index contributed by atoms with van der Waals surface area (Å²) in [7, 11) is 0. The van der Waals surface area contributed by atoms with Gasteiger partial charge in [0.05, 0.1) is 17.6 Å². The van der Waals surface area contributed by atoms with E-state index < -0.39 is 29.0 Å². The minimum absolute atomic E-state index is 0.0357. The maximum atomic E-state index is 13.6. The van der Waals surface area contributed by atoms with Gasteiger partial charge in [-0.15, -0.1) is 0 Å². The summed E-state index contributed by atoms with van der Waals surface area (Å²) in [5.41, 5.74) is 0.938. The van der Waals surface area contributed by atoms with Crippen molar-refractivity contribution in [2.24, 2.45) is 0 Å².